The quantitative estimate of drug-likeness (QED) is 0.208. The van der Waals surface area contributed by atoms with E-state index in [1.54, 1.807) is 0 Å². The molecule has 0 aromatic heterocycles. The highest BCUT2D eigenvalue weighted by atomic mass is 15.1. The zero-order valence-corrected chi connectivity index (χ0v) is 21.9. The van der Waals surface area contributed by atoms with Crippen LogP contribution in [0.15, 0.2) is 134 Å². The van der Waals surface area contributed by atoms with Crippen LogP contribution >= 0.6 is 0 Å². The summed E-state index contributed by atoms with van der Waals surface area (Å²) in [4.78, 5) is 2.55. The summed E-state index contributed by atoms with van der Waals surface area (Å²) in [5.41, 5.74) is 15.1. The van der Waals surface area contributed by atoms with Gasteiger partial charge < -0.3 is 4.81 Å². The molecule has 2 heterocycles. The van der Waals surface area contributed by atoms with Gasteiger partial charge in [0.25, 0.3) is 0 Å². The van der Waals surface area contributed by atoms with E-state index in [9.17, 15) is 0 Å². The van der Waals surface area contributed by atoms with Crippen molar-refractivity contribution in [3.8, 4) is 22.3 Å². The second kappa shape index (κ2) is 8.34. The first-order valence-electron chi connectivity index (χ1n) is 13.6. The first-order chi connectivity index (χ1) is 19.2. The number of para-hydroxylation sites is 2. The molecule has 0 fully saturated rings. The SMILES string of the molecule is C=C1c2ccccc2B2c3c(C)c(c4ccccc4c3-c3ccccc3N2c2ccccc2)-c2ccccc21. The van der Waals surface area contributed by atoms with E-state index in [0.29, 0.717) is 0 Å². The third-order valence-electron chi connectivity index (χ3n) is 8.62. The largest absolute Gasteiger partial charge is 0.376 e. The molecule has 0 atom stereocenters. The van der Waals surface area contributed by atoms with Crippen molar-refractivity contribution in [3.63, 3.8) is 0 Å². The summed E-state index contributed by atoms with van der Waals surface area (Å²) < 4.78 is 0. The number of hydrogen-bond acceptors (Lipinski definition) is 1. The van der Waals surface area contributed by atoms with Gasteiger partial charge >= 0.3 is 6.85 Å². The van der Waals surface area contributed by atoms with Crippen LogP contribution in [0.3, 0.4) is 0 Å². The lowest BCUT2D eigenvalue weighted by Crippen LogP contribution is -2.59. The highest BCUT2D eigenvalue weighted by Crippen LogP contribution is 2.47. The van der Waals surface area contributed by atoms with Gasteiger partial charge in [0.15, 0.2) is 0 Å². The van der Waals surface area contributed by atoms with Crippen molar-refractivity contribution in [2.45, 2.75) is 6.92 Å². The van der Waals surface area contributed by atoms with Crippen molar-refractivity contribution in [2.24, 2.45) is 0 Å². The lowest BCUT2D eigenvalue weighted by molar-refractivity contribution is 1.36. The molecule has 2 bridgehead atoms. The summed E-state index contributed by atoms with van der Waals surface area (Å²) in [6, 6.07) is 46.4. The molecular weight excluding hydrogens is 469 g/mol. The minimum atomic E-state index is -0.0112. The summed E-state index contributed by atoms with van der Waals surface area (Å²) >= 11 is 0. The number of benzene rings is 6. The maximum Gasteiger partial charge on any atom is 0.329 e. The summed E-state index contributed by atoms with van der Waals surface area (Å²) in [6.07, 6.45) is 0. The number of fused-ring (bicyclic) bond motifs is 10. The Morgan fingerprint density at radius 3 is 1.87 bits per heavy atom. The molecule has 0 amide bonds. The Kier molecular flexibility index (Phi) is 4.75. The van der Waals surface area contributed by atoms with E-state index in [1.807, 2.05) is 0 Å². The van der Waals surface area contributed by atoms with Gasteiger partial charge in [-0.25, -0.2) is 0 Å². The van der Waals surface area contributed by atoms with Crippen LogP contribution in [0.4, 0.5) is 11.4 Å². The summed E-state index contributed by atoms with van der Waals surface area (Å²) in [6.45, 7) is 7.05. The zero-order chi connectivity index (χ0) is 26.1. The number of nitrogens with zero attached hydrogens (tertiary/aromatic N) is 1. The summed E-state index contributed by atoms with van der Waals surface area (Å²) in [5, 5.41) is 2.60. The Morgan fingerprint density at radius 2 is 1.10 bits per heavy atom. The van der Waals surface area contributed by atoms with E-state index >= 15 is 0 Å². The normalized spacial score (nSPS) is 13.2. The average molecular weight is 495 g/mol. The maximum absolute atomic E-state index is 4.73. The second-order valence-electron chi connectivity index (χ2n) is 10.6. The van der Waals surface area contributed by atoms with Crippen molar-refractivity contribution in [2.75, 3.05) is 4.81 Å². The zero-order valence-electron chi connectivity index (χ0n) is 21.9. The van der Waals surface area contributed by atoms with Crippen molar-refractivity contribution in [3.05, 3.63) is 151 Å². The Labute approximate surface area is 229 Å². The molecule has 0 saturated heterocycles. The fourth-order valence-electron chi connectivity index (χ4n) is 7.02. The van der Waals surface area contributed by atoms with E-state index in [0.717, 1.165) is 5.57 Å². The highest BCUT2D eigenvalue weighted by molar-refractivity contribution is 6.92. The molecule has 0 aliphatic carbocycles. The predicted molar refractivity (Wildman–Crippen MR) is 168 cm³/mol. The van der Waals surface area contributed by atoms with Crippen LogP contribution in [-0.2, 0) is 0 Å². The minimum Gasteiger partial charge on any atom is -0.376 e. The number of hydrogen-bond donors (Lipinski definition) is 0. The van der Waals surface area contributed by atoms with E-state index in [-0.39, 0.29) is 6.85 Å². The topological polar surface area (TPSA) is 3.24 Å². The van der Waals surface area contributed by atoms with Crippen molar-refractivity contribution in [1.29, 1.82) is 0 Å². The average Bonchev–Trinajstić information content (AvgIpc) is 3.02. The summed E-state index contributed by atoms with van der Waals surface area (Å²) in [5.74, 6) is 0. The molecule has 0 unspecified atom stereocenters. The minimum absolute atomic E-state index is 0.0112. The van der Waals surface area contributed by atoms with E-state index in [4.69, 9.17) is 6.58 Å². The molecular formula is C37H26BN. The molecule has 2 aliphatic rings. The number of rotatable bonds is 1. The molecule has 0 radical (unpaired) electrons. The van der Waals surface area contributed by atoms with Crippen LogP contribution in [0.2, 0.25) is 0 Å². The Bertz CT molecular complexity index is 1950. The van der Waals surface area contributed by atoms with Gasteiger partial charge in [0, 0.05) is 16.9 Å². The molecule has 2 aliphatic heterocycles. The van der Waals surface area contributed by atoms with Gasteiger partial charge in [-0.3, -0.25) is 0 Å². The van der Waals surface area contributed by atoms with Crippen LogP contribution in [0.25, 0.3) is 38.6 Å². The smallest absolute Gasteiger partial charge is 0.329 e. The van der Waals surface area contributed by atoms with Crippen LogP contribution in [0.5, 0.6) is 0 Å². The fourth-order valence-corrected chi connectivity index (χ4v) is 7.02. The second-order valence-corrected chi connectivity index (χ2v) is 10.6. The molecule has 6 aromatic carbocycles. The van der Waals surface area contributed by atoms with Crippen molar-refractivity contribution < 1.29 is 0 Å². The van der Waals surface area contributed by atoms with Crippen molar-refractivity contribution >= 4 is 45.5 Å². The first-order valence-corrected chi connectivity index (χ1v) is 13.6. The molecule has 39 heavy (non-hydrogen) atoms. The number of anilines is 2. The molecule has 8 rings (SSSR count). The predicted octanol–water partition coefficient (Wildman–Crippen LogP) is 8.11. The molecule has 2 heteroatoms. The van der Waals surface area contributed by atoms with Gasteiger partial charge in [0.1, 0.15) is 0 Å². The maximum atomic E-state index is 4.73. The van der Waals surface area contributed by atoms with E-state index in [2.05, 4.69) is 139 Å². The lowest BCUT2D eigenvalue weighted by Gasteiger charge is -2.41. The Balaban J connectivity index is 1.65. The van der Waals surface area contributed by atoms with E-state index in [1.165, 1.54) is 72.0 Å². The fraction of sp³-hybridized carbons (Fsp3) is 0.0270. The van der Waals surface area contributed by atoms with E-state index < -0.39 is 0 Å². The van der Waals surface area contributed by atoms with Gasteiger partial charge in [-0.1, -0.05) is 116 Å². The van der Waals surface area contributed by atoms with Crippen molar-refractivity contribution in [1.82, 2.24) is 0 Å². The van der Waals surface area contributed by atoms with Gasteiger partial charge in [0.2, 0.25) is 0 Å². The summed E-state index contributed by atoms with van der Waals surface area (Å²) in [7, 11) is 0. The monoisotopic (exact) mass is 495 g/mol. The Morgan fingerprint density at radius 1 is 0.538 bits per heavy atom. The third kappa shape index (κ3) is 3.03. The van der Waals surface area contributed by atoms with Gasteiger partial charge in [-0.2, -0.15) is 0 Å². The van der Waals surface area contributed by atoms with Gasteiger partial charge in [0.05, 0.1) is 0 Å². The molecule has 0 spiro atoms. The van der Waals surface area contributed by atoms with Gasteiger partial charge in [-0.15, -0.1) is 0 Å². The molecule has 0 N–H and O–H groups in total. The highest BCUT2D eigenvalue weighted by Gasteiger charge is 2.42. The van der Waals surface area contributed by atoms with Crippen LogP contribution < -0.4 is 15.7 Å². The van der Waals surface area contributed by atoms with Crippen LogP contribution in [0.1, 0.15) is 16.7 Å². The standard InChI is InChI=1S/C37H26BN/c1-24-27-16-6-7-18-29(27)35-25(2)37-36(31-20-9-8-19-30(31)35)32-21-11-13-23-34(32)39(26-14-4-3-5-15-26)38(37)33-22-12-10-17-28(24)33/h3-23H,1H2,2H3. The van der Waals surface area contributed by atoms with Crippen LogP contribution in [0, 0.1) is 6.92 Å². The third-order valence-corrected chi connectivity index (χ3v) is 8.62. The molecule has 1 nitrogen and oxygen atoms in total. The molecule has 0 saturated carbocycles. The Hall–Kier alpha value is -4.82. The lowest BCUT2D eigenvalue weighted by atomic mass is 9.43. The van der Waals surface area contributed by atoms with Crippen LogP contribution in [-0.4, -0.2) is 6.85 Å². The molecule has 182 valence electrons. The first kappa shape index (κ1) is 22.2. The van der Waals surface area contributed by atoms with Gasteiger partial charge in [-0.05, 0) is 85.8 Å². The molecule has 6 aromatic rings.